The molecular weight excluding hydrogens is 358 g/mol. The van der Waals surface area contributed by atoms with Gasteiger partial charge in [0.2, 0.25) is 0 Å². The second-order valence-corrected chi connectivity index (χ2v) is 6.88. The number of hydrogen-bond donors (Lipinski definition) is 2. The summed E-state index contributed by atoms with van der Waals surface area (Å²) in [6.45, 7) is 4.98. The Balaban J connectivity index is 1.72. The predicted octanol–water partition coefficient (Wildman–Crippen LogP) is 5.68. The van der Waals surface area contributed by atoms with Crippen LogP contribution in [0.15, 0.2) is 73.1 Å². The summed E-state index contributed by atoms with van der Waals surface area (Å²) >= 11 is 0. The Hall–Kier alpha value is -3.60. The van der Waals surface area contributed by atoms with E-state index in [0.717, 1.165) is 24.3 Å². The number of nitrogens with one attached hydrogen (secondary N) is 1. The van der Waals surface area contributed by atoms with Gasteiger partial charge in [0.15, 0.2) is 11.6 Å². The van der Waals surface area contributed by atoms with E-state index in [1.165, 1.54) is 16.3 Å². The number of benzene rings is 3. The fourth-order valence-corrected chi connectivity index (χ4v) is 3.54. The van der Waals surface area contributed by atoms with E-state index in [4.69, 9.17) is 5.73 Å². The van der Waals surface area contributed by atoms with Gasteiger partial charge in [0, 0.05) is 17.6 Å². The first-order valence-corrected chi connectivity index (χ1v) is 9.93. The smallest absolute Gasteiger partial charge is 0.161 e. The summed E-state index contributed by atoms with van der Waals surface area (Å²) in [6.07, 6.45) is 2.57. The van der Waals surface area contributed by atoms with Crippen LogP contribution in [0.5, 0.6) is 0 Å². The number of nitrogens with two attached hydrogens (primary N) is 1. The Labute approximate surface area is 171 Å². The van der Waals surface area contributed by atoms with Crippen molar-refractivity contribution >= 4 is 39.5 Å². The highest BCUT2D eigenvalue weighted by Gasteiger charge is 2.17. The maximum Gasteiger partial charge on any atom is 0.161 e. The molecule has 0 radical (unpaired) electrons. The molecule has 0 bridgehead atoms. The van der Waals surface area contributed by atoms with Gasteiger partial charge in [-0.2, -0.15) is 0 Å². The van der Waals surface area contributed by atoms with Crippen molar-refractivity contribution < 1.29 is 0 Å². The predicted molar refractivity (Wildman–Crippen MR) is 122 cm³/mol. The van der Waals surface area contributed by atoms with E-state index >= 15 is 0 Å². The third kappa shape index (κ3) is 3.72. The molecule has 146 valence electrons. The molecule has 3 aromatic carbocycles. The van der Waals surface area contributed by atoms with Crippen molar-refractivity contribution in [3.63, 3.8) is 0 Å². The standard InChI is InChI=1S/C24H25N5/c1-3-17-12-14-19(15-13-17)28-23-22(25)24(27-16-26-23)29(4-2)21-11-7-9-18-8-5-6-10-20(18)21/h5-16H,3-4,25H2,1-2H3,(H,26,27,28). The Morgan fingerprint density at radius 2 is 1.66 bits per heavy atom. The molecule has 0 saturated carbocycles. The summed E-state index contributed by atoms with van der Waals surface area (Å²) in [6, 6.07) is 22.9. The van der Waals surface area contributed by atoms with Crippen LogP contribution in [-0.4, -0.2) is 16.5 Å². The molecule has 5 heteroatoms. The Morgan fingerprint density at radius 3 is 2.41 bits per heavy atom. The van der Waals surface area contributed by atoms with Gasteiger partial charge in [-0.3, -0.25) is 0 Å². The van der Waals surface area contributed by atoms with Gasteiger partial charge in [-0.25, -0.2) is 9.97 Å². The molecule has 0 aliphatic heterocycles. The minimum Gasteiger partial charge on any atom is -0.393 e. The minimum absolute atomic E-state index is 0.529. The van der Waals surface area contributed by atoms with E-state index in [9.17, 15) is 0 Å². The fraction of sp³-hybridized carbons (Fsp3) is 0.167. The quantitative estimate of drug-likeness (QED) is 0.449. The molecule has 1 aromatic heterocycles. The zero-order valence-corrected chi connectivity index (χ0v) is 16.8. The Bertz CT molecular complexity index is 1120. The van der Waals surface area contributed by atoms with Gasteiger partial charge in [0.05, 0.1) is 5.69 Å². The van der Waals surface area contributed by atoms with Crippen molar-refractivity contribution in [1.29, 1.82) is 0 Å². The third-order valence-corrected chi connectivity index (χ3v) is 5.12. The normalized spacial score (nSPS) is 10.8. The van der Waals surface area contributed by atoms with Gasteiger partial charge in [0.25, 0.3) is 0 Å². The van der Waals surface area contributed by atoms with E-state index in [0.29, 0.717) is 17.3 Å². The van der Waals surface area contributed by atoms with Crippen LogP contribution in [0.25, 0.3) is 10.8 Å². The van der Waals surface area contributed by atoms with Crippen molar-refractivity contribution in [2.24, 2.45) is 0 Å². The molecule has 1 heterocycles. The maximum absolute atomic E-state index is 6.52. The van der Waals surface area contributed by atoms with Crippen LogP contribution in [0, 0.1) is 0 Å². The zero-order valence-electron chi connectivity index (χ0n) is 16.8. The van der Waals surface area contributed by atoms with Crippen molar-refractivity contribution in [1.82, 2.24) is 9.97 Å². The lowest BCUT2D eigenvalue weighted by Gasteiger charge is -2.25. The first-order valence-electron chi connectivity index (χ1n) is 9.93. The molecule has 0 fully saturated rings. The summed E-state index contributed by atoms with van der Waals surface area (Å²) in [5.74, 6) is 1.31. The lowest BCUT2D eigenvalue weighted by atomic mass is 10.1. The van der Waals surface area contributed by atoms with Gasteiger partial charge in [-0.05, 0) is 42.5 Å². The third-order valence-electron chi connectivity index (χ3n) is 5.12. The largest absolute Gasteiger partial charge is 0.393 e. The van der Waals surface area contributed by atoms with E-state index in [-0.39, 0.29) is 0 Å². The van der Waals surface area contributed by atoms with Crippen LogP contribution in [0.1, 0.15) is 19.4 Å². The van der Waals surface area contributed by atoms with Crippen molar-refractivity contribution in [3.05, 3.63) is 78.6 Å². The fourth-order valence-electron chi connectivity index (χ4n) is 3.54. The Kier molecular flexibility index (Phi) is 5.29. The number of nitrogens with zero attached hydrogens (tertiary/aromatic N) is 3. The molecule has 3 N–H and O–H groups in total. The first-order chi connectivity index (χ1) is 14.2. The summed E-state index contributed by atoms with van der Waals surface area (Å²) in [5, 5.41) is 5.68. The van der Waals surface area contributed by atoms with Crippen LogP contribution in [-0.2, 0) is 6.42 Å². The first kappa shape index (κ1) is 18.7. The molecule has 0 amide bonds. The Morgan fingerprint density at radius 1 is 0.897 bits per heavy atom. The van der Waals surface area contributed by atoms with Gasteiger partial charge in [-0.1, -0.05) is 55.5 Å². The molecule has 0 unspecified atom stereocenters. The van der Waals surface area contributed by atoms with E-state index < -0.39 is 0 Å². The van der Waals surface area contributed by atoms with E-state index in [2.05, 4.69) is 82.6 Å². The average Bonchev–Trinajstić information content (AvgIpc) is 2.77. The number of aromatic nitrogens is 2. The number of hydrogen-bond acceptors (Lipinski definition) is 5. The minimum atomic E-state index is 0.529. The van der Waals surface area contributed by atoms with Crippen LogP contribution in [0.4, 0.5) is 28.7 Å². The molecule has 29 heavy (non-hydrogen) atoms. The highest BCUT2D eigenvalue weighted by molar-refractivity contribution is 5.97. The lowest BCUT2D eigenvalue weighted by molar-refractivity contribution is 0.985. The zero-order chi connectivity index (χ0) is 20.2. The van der Waals surface area contributed by atoms with Crippen molar-refractivity contribution in [2.45, 2.75) is 20.3 Å². The van der Waals surface area contributed by atoms with E-state index in [1.807, 2.05) is 18.2 Å². The summed E-state index contributed by atoms with van der Waals surface area (Å²) in [7, 11) is 0. The number of rotatable bonds is 6. The molecule has 4 rings (SSSR count). The van der Waals surface area contributed by atoms with Crippen LogP contribution < -0.4 is 16.0 Å². The van der Waals surface area contributed by atoms with Gasteiger partial charge >= 0.3 is 0 Å². The second kappa shape index (κ2) is 8.19. The molecule has 4 aromatic rings. The van der Waals surface area contributed by atoms with Gasteiger partial charge < -0.3 is 16.0 Å². The summed E-state index contributed by atoms with van der Waals surface area (Å²) in [5.41, 5.74) is 10.4. The number of anilines is 5. The summed E-state index contributed by atoms with van der Waals surface area (Å²) < 4.78 is 0. The molecule has 5 nitrogen and oxygen atoms in total. The number of aryl methyl sites for hydroxylation is 1. The topological polar surface area (TPSA) is 67.1 Å². The molecular formula is C24H25N5. The molecule has 0 spiro atoms. The van der Waals surface area contributed by atoms with Gasteiger partial charge in [0.1, 0.15) is 12.0 Å². The van der Waals surface area contributed by atoms with Crippen molar-refractivity contribution in [3.8, 4) is 0 Å². The highest BCUT2D eigenvalue weighted by atomic mass is 15.2. The highest BCUT2D eigenvalue weighted by Crippen LogP contribution is 2.36. The average molecular weight is 383 g/mol. The van der Waals surface area contributed by atoms with Crippen LogP contribution >= 0.6 is 0 Å². The number of nitrogen functional groups attached to an aromatic ring is 1. The van der Waals surface area contributed by atoms with Crippen molar-refractivity contribution in [2.75, 3.05) is 22.5 Å². The SMILES string of the molecule is CCc1ccc(Nc2ncnc(N(CC)c3cccc4ccccc34)c2N)cc1. The summed E-state index contributed by atoms with van der Waals surface area (Å²) in [4.78, 5) is 11.0. The number of fused-ring (bicyclic) bond motifs is 1. The maximum atomic E-state index is 6.52. The lowest BCUT2D eigenvalue weighted by Crippen LogP contribution is -2.20. The molecule has 0 aliphatic carbocycles. The van der Waals surface area contributed by atoms with Gasteiger partial charge in [-0.15, -0.1) is 0 Å². The molecule has 0 aliphatic rings. The monoisotopic (exact) mass is 383 g/mol. The molecule has 0 saturated heterocycles. The second-order valence-electron chi connectivity index (χ2n) is 6.88. The van der Waals surface area contributed by atoms with Crippen LogP contribution in [0.2, 0.25) is 0 Å². The van der Waals surface area contributed by atoms with Crippen LogP contribution in [0.3, 0.4) is 0 Å². The molecule has 0 atom stereocenters. The van der Waals surface area contributed by atoms with E-state index in [1.54, 1.807) is 6.33 Å².